The first-order valence-corrected chi connectivity index (χ1v) is 11.8. The molecule has 0 aromatic rings. The molecule has 0 bridgehead atoms. The van der Waals surface area contributed by atoms with Crippen LogP contribution in [0, 0.1) is 0 Å². The molecule has 1 radical (unpaired) electrons. The molecule has 15 heavy (non-hydrogen) atoms. The van der Waals surface area contributed by atoms with Gasteiger partial charge in [0.1, 0.15) is 0 Å². The molecule has 5 heteroatoms. The van der Waals surface area contributed by atoms with Gasteiger partial charge in [-0.3, -0.25) is 22.5 Å². The third-order valence-corrected chi connectivity index (χ3v) is 0.866. The van der Waals surface area contributed by atoms with Gasteiger partial charge in [-0.25, -0.2) is 0 Å². The monoisotopic (exact) mass is 321 g/mol. The zero-order chi connectivity index (χ0) is 13.1. The van der Waals surface area contributed by atoms with Gasteiger partial charge in [-0.15, -0.1) is 0 Å². The number of hydrogen-bond acceptors (Lipinski definition) is 4. The van der Waals surface area contributed by atoms with Crippen molar-refractivity contribution < 1.29 is 0 Å². The summed E-state index contributed by atoms with van der Waals surface area (Å²) in [4.78, 5) is 0. The molecule has 4 nitrogen and oxygen atoms in total. The molecule has 93 valence electrons. The van der Waals surface area contributed by atoms with E-state index in [1.165, 1.54) is 0 Å². The van der Waals surface area contributed by atoms with Crippen LogP contribution in [0.5, 0.6) is 0 Å². The van der Waals surface area contributed by atoms with Crippen LogP contribution in [0.4, 0.5) is 0 Å². The minimum absolute atomic E-state index is 0.0694. The van der Waals surface area contributed by atoms with E-state index < -0.39 is 0 Å². The number of hydrazine groups is 2. The van der Waals surface area contributed by atoms with Crippen molar-refractivity contribution in [1.29, 1.82) is 0 Å². The number of hydrogen-bond donors (Lipinski definition) is 4. The van der Waals surface area contributed by atoms with E-state index in [1.807, 2.05) is 41.5 Å². The molecule has 6 N–H and O–H groups in total. The van der Waals surface area contributed by atoms with Crippen LogP contribution >= 0.6 is 0 Å². The van der Waals surface area contributed by atoms with E-state index in [2.05, 4.69) is 20.2 Å². The molecular formula is C10H30InN4. The second-order valence-electron chi connectivity index (χ2n) is 5.37. The van der Waals surface area contributed by atoms with Crippen molar-refractivity contribution in [3.63, 3.8) is 0 Å². The Bertz CT molecular complexity index is 102. The van der Waals surface area contributed by atoms with E-state index in [1.54, 1.807) is 0 Å². The van der Waals surface area contributed by atoms with Crippen LogP contribution in [0.2, 0.25) is 9.36 Å². The third-order valence-electron chi connectivity index (χ3n) is 0.866. The normalized spacial score (nSPS) is 10.5. The predicted molar refractivity (Wildman–Crippen MR) is 71.6 cm³/mol. The van der Waals surface area contributed by atoms with Gasteiger partial charge < -0.3 is 0 Å². The van der Waals surface area contributed by atoms with Crippen LogP contribution in [0.15, 0.2) is 0 Å². The Balaban J connectivity index is -0.000000153. The van der Waals surface area contributed by atoms with E-state index in [9.17, 15) is 0 Å². The third kappa shape index (κ3) is 52.8. The van der Waals surface area contributed by atoms with Crippen molar-refractivity contribution in [1.82, 2.24) is 10.9 Å². The summed E-state index contributed by atoms with van der Waals surface area (Å²) < 4.78 is 4.63. The van der Waals surface area contributed by atoms with Crippen LogP contribution in [-0.2, 0) is 0 Å². The zero-order valence-corrected chi connectivity index (χ0v) is 15.0. The van der Waals surface area contributed by atoms with Crippen molar-refractivity contribution in [2.45, 2.75) is 62.0 Å². The number of rotatable bonds is 0. The molecule has 0 amide bonds. The van der Waals surface area contributed by atoms with Crippen molar-refractivity contribution in [3.05, 3.63) is 0 Å². The topological polar surface area (TPSA) is 76.1 Å². The van der Waals surface area contributed by atoms with Crippen LogP contribution in [0.1, 0.15) is 41.5 Å². The molecule has 0 aliphatic carbocycles. The van der Waals surface area contributed by atoms with Gasteiger partial charge in [0, 0.05) is 11.1 Å². The molecule has 0 rings (SSSR count). The summed E-state index contributed by atoms with van der Waals surface area (Å²) in [5.74, 6) is 10.1. The standard InChI is InChI=1S/2C4H12N2.2CH3.In/c2*1-4(2,3)6-5;;;/h2*6H,5H2,1-3H3;2*1H3;. The fourth-order valence-electron chi connectivity index (χ4n) is 0. The second kappa shape index (κ2) is 11.2. The Labute approximate surface area is 107 Å². The average Bonchev–Trinajstić information content (AvgIpc) is 2.04. The van der Waals surface area contributed by atoms with E-state index >= 15 is 0 Å². The van der Waals surface area contributed by atoms with Gasteiger partial charge in [-0.05, 0) is 41.5 Å². The van der Waals surface area contributed by atoms with E-state index in [0.717, 1.165) is 0 Å². The molecule has 0 fully saturated rings. The van der Waals surface area contributed by atoms with Crippen LogP contribution < -0.4 is 22.5 Å². The summed E-state index contributed by atoms with van der Waals surface area (Å²) in [5.41, 5.74) is 5.35. The van der Waals surface area contributed by atoms with E-state index in [0.29, 0.717) is 0 Å². The molecule has 0 aromatic carbocycles. The molecule has 0 saturated carbocycles. The predicted octanol–water partition coefficient (Wildman–Crippen LogP) is 1.28. The van der Waals surface area contributed by atoms with Gasteiger partial charge in [0.25, 0.3) is 0 Å². The first-order valence-electron chi connectivity index (χ1n) is 5.23. The average molecular weight is 321 g/mol. The molecule has 0 aliphatic rings. The Kier molecular flexibility index (Phi) is 15.7. The van der Waals surface area contributed by atoms with Crippen molar-refractivity contribution in [3.8, 4) is 0 Å². The van der Waals surface area contributed by atoms with Gasteiger partial charge in [0.2, 0.25) is 0 Å². The van der Waals surface area contributed by atoms with E-state index in [-0.39, 0.29) is 34.0 Å². The molecule has 0 atom stereocenters. The summed E-state index contributed by atoms with van der Waals surface area (Å²) in [6, 6.07) is 0. The van der Waals surface area contributed by atoms with Gasteiger partial charge in [0.15, 0.2) is 0 Å². The minimum atomic E-state index is 0.0694. The zero-order valence-electron chi connectivity index (χ0n) is 11.7. The molecule has 0 saturated heterocycles. The maximum atomic E-state index is 5.06. The summed E-state index contributed by atoms with van der Waals surface area (Å²) in [7, 11) is 0. The fraction of sp³-hybridized carbons (Fsp3) is 1.00. The van der Waals surface area contributed by atoms with Crippen LogP contribution in [0.25, 0.3) is 0 Å². The Morgan fingerprint density at radius 1 is 0.733 bits per heavy atom. The van der Waals surface area contributed by atoms with Gasteiger partial charge in [-0.1, -0.05) is 0 Å². The summed E-state index contributed by atoms with van der Waals surface area (Å²) >= 11 is 0.110. The van der Waals surface area contributed by atoms with Crippen molar-refractivity contribution in [2.24, 2.45) is 11.7 Å². The van der Waals surface area contributed by atoms with Crippen molar-refractivity contribution >= 4 is 22.9 Å². The second-order valence-corrected chi connectivity index (χ2v) is 8.66. The first-order chi connectivity index (χ1) is 6.54. The Morgan fingerprint density at radius 3 is 0.800 bits per heavy atom. The summed E-state index contributed by atoms with van der Waals surface area (Å²) in [6.45, 7) is 12.0. The SMILES string of the molecule is CC(C)(C)NN.CC(C)(C)NN.[CH3][In][CH3]. The molecule has 0 heterocycles. The Morgan fingerprint density at radius 2 is 0.800 bits per heavy atom. The molecular weight excluding hydrogens is 291 g/mol. The van der Waals surface area contributed by atoms with E-state index in [4.69, 9.17) is 11.7 Å². The molecule has 0 aromatic heterocycles. The quantitative estimate of drug-likeness (QED) is 0.400. The Hall–Kier alpha value is 0.710. The van der Waals surface area contributed by atoms with Crippen LogP contribution in [0.3, 0.4) is 0 Å². The maximum absolute atomic E-state index is 5.06. The van der Waals surface area contributed by atoms with Crippen molar-refractivity contribution in [2.75, 3.05) is 0 Å². The molecule has 0 spiro atoms. The van der Waals surface area contributed by atoms with Gasteiger partial charge in [-0.2, -0.15) is 0 Å². The summed E-state index contributed by atoms with van der Waals surface area (Å²) in [6.07, 6.45) is 0. The van der Waals surface area contributed by atoms with Gasteiger partial charge in [0.05, 0.1) is 0 Å². The molecule has 0 unspecified atom stereocenters. The molecule has 0 aliphatic heterocycles. The number of nitrogens with two attached hydrogens (primary N) is 2. The van der Waals surface area contributed by atoms with Gasteiger partial charge >= 0.3 is 32.3 Å². The summed E-state index contributed by atoms with van der Waals surface area (Å²) in [5, 5.41) is 0. The number of nitrogens with one attached hydrogen (secondary N) is 2. The fourth-order valence-corrected chi connectivity index (χ4v) is 0. The van der Waals surface area contributed by atoms with Crippen LogP contribution in [-0.4, -0.2) is 34.0 Å². The first kappa shape index (κ1) is 21.0.